The Labute approximate surface area is 158 Å². The zero-order chi connectivity index (χ0) is 17.8. The molecule has 2 aromatic rings. The van der Waals surface area contributed by atoms with Crippen LogP contribution in [0.1, 0.15) is 5.56 Å². The molecule has 0 radical (unpaired) electrons. The number of ether oxygens (including phenoxy) is 2. The molecule has 8 heteroatoms. The van der Waals surface area contributed by atoms with Gasteiger partial charge in [0.25, 0.3) is 0 Å². The summed E-state index contributed by atoms with van der Waals surface area (Å²) in [7, 11) is 1.60. The molecule has 132 valence electrons. The highest BCUT2D eigenvalue weighted by Crippen LogP contribution is 2.35. The summed E-state index contributed by atoms with van der Waals surface area (Å²) in [6.45, 7) is 0.922. The number of hydrogen-bond donors (Lipinski definition) is 2. The summed E-state index contributed by atoms with van der Waals surface area (Å²) in [5.41, 5.74) is 2.35. The van der Waals surface area contributed by atoms with Crippen LogP contribution in [0.3, 0.4) is 0 Å². The van der Waals surface area contributed by atoms with Crippen molar-refractivity contribution in [1.29, 1.82) is 0 Å². The summed E-state index contributed by atoms with van der Waals surface area (Å²) in [6.07, 6.45) is 0. The topological polar surface area (TPSA) is 54.9 Å². The normalized spacial score (nSPS) is 12.7. The number of alkyl halides is 1. The van der Waals surface area contributed by atoms with Crippen molar-refractivity contribution in [1.82, 2.24) is 0 Å². The molecular weight excluding hydrogens is 413 g/mol. The molecule has 1 aliphatic heterocycles. The zero-order valence-corrected chi connectivity index (χ0v) is 15.7. The number of nitrogens with zero attached hydrogens (tertiary/aromatic N) is 1. The van der Waals surface area contributed by atoms with Crippen molar-refractivity contribution in [3.63, 3.8) is 0 Å². The van der Waals surface area contributed by atoms with Crippen molar-refractivity contribution in [2.75, 3.05) is 36.3 Å². The number of methoxy groups -OCH3 is 1. The predicted molar refractivity (Wildman–Crippen MR) is 102 cm³/mol. The van der Waals surface area contributed by atoms with Crippen LogP contribution < -0.4 is 20.1 Å². The monoisotopic (exact) mass is 427 g/mol. The van der Waals surface area contributed by atoms with Crippen LogP contribution in [0.5, 0.6) is 11.5 Å². The van der Waals surface area contributed by atoms with E-state index in [2.05, 4.69) is 31.6 Å². The van der Waals surface area contributed by atoms with Gasteiger partial charge in [0.1, 0.15) is 18.3 Å². The van der Waals surface area contributed by atoms with Gasteiger partial charge in [0, 0.05) is 22.6 Å². The third kappa shape index (κ3) is 3.99. The third-order valence-corrected chi connectivity index (χ3v) is 4.20. The van der Waals surface area contributed by atoms with Crippen molar-refractivity contribution in [3.05, 3.63) is 46.7 Å². The van der Waals surface area contributed by atoms with E-state index in [0.29, 0.717) is 41.6 Å². The Morgan fingerprint density at radius 1 is 1.32 bits per heavy atom. The van der Waals surface area contributed by atoms with Gasteiger partial charge in [0.2, 0.25) is 0 Å². The average molecular weight is 429 g/mol. The lowest BCUT2D eigenvalue weighted by atomic mass is 10.1. The van der Waals surface area contributed by atoms with Gasteiger partial charge >= 0.3 is 0 Å². The first-order valence-electron chi connectivity index (χ1n) is 7.54. The standard InChI is InChI=1S/C17H16BrClFN3O2/c1-24-15-8-14-11(7-16(15)25-5-4-18)17(22-9-21-14)23-10-2-3-13(20)12(19)6-10/h2-3,6-8,21H,4-5,9H2,1H3,(H,22,23). The van der Waals surface area contributed by atoms with Crippen LogP contribution in [-0.2, 0) is 0 Å². The second-order valence-electron chi connectivity index (χ2n) is 5.18. The fraction of sp³-hybridized carbons (Fsp3) is 0.235. The predicted octanol–water partition coefficient (Wildman–Crippen LogP) is 4.50. The lowest BCUT2D eigenvalue weighted by Crippen LogP contribution is -2.22. The Morgan fingerprint density at radius 3 is 2.88 bits per heavy atom. The van der Waals surface area contributed by atoms with Gasteiger partial charge in [-0.05, 0) is 24.3 Å². The first-order valence-corrected chi connectivity index (χ1v) is 9.04. The van der Waals surface area contributed by atoms with Gasteiger partial charge in [-0.15, -0.1) is 0 Å². The molecule has 1 aliphatic rings. The van der Waals surface area contributed by atoms with Crippen LogP contribution in [0, 0.1) is 5.82 Å². The van der Waals surface area contributed by atoms with Gasteiger partial charge < -0.3 is 20.1 Å². The molecule has 1 heterocycles. The second kappa shape index (κ2) is 7.93. The molecule has 0 amide bonds. The largest absolute Gasteiger partial charge is 0.493 e. The second-order valence-corrected chi connectivity index (χ2v) is 6.38. The van der Waals surface area contributed by atoms with Gasteiger partial charge in [-0.3, -0.25) is 0 Å². The number of aliphatic imine (C=N–C) groups is 1. The Hall–Kier alpha value is -1.99. The minimum atomic E-state index is -0.463. The number of halogens is 3. The van der Waals surface area contributed by atoms with E-state index in [1.807, 2.05) is 12.1 Å². The minimum Gasteiger partial charge on any atom is -0.493 e. The highest BCUT2D eigenvalue weighted by molar-refractivity contribution is 9.09. The van der Waals surface area contributed by atoms with Crippen LogP contribution in [0.15, 0.2) is 35.3 Å². The van der Waals surface area contributed by atoms with E-state index in [9.17, 15) is 4.39 Å². The van der Waals surface area contributed by atoms with E-state index in [4.69, 9.17) is 21.1 Å². The molecule has 2 N–H and O–H groups in total. The van der Waals surface area contributed by atoms with Crippen molar-refractivity contribution < 1.29 is 13.9 Å². The number of fused-ring (bicyclic) bond motifs is 1. The van der Waals surface area contributed by atoms with E-state index in [0.717, 1.165) is 11.3 Å². The molecule has 2 aromatic carbocycles. The van der Waals surface area contributed by atoms with E-state index in [1.54, 1.807) is 13.2 Å². The molecular formula is C17H16BrClFN3O2. The molecule has 0 unspecified atom stereocenters. The maximum atomic E-state index is 13.3. The highest BCUT2D eigenvalue weighted by Gasteiger charge is 2.19. The van der Waals surface area contributed by atoms with Crippen LogP contribution in [-0.4, -0.2) is 31.6 Å². The van der Waals surface area contributed by atoms with Gasteiger partial charge in [0.15, 0.2) is 11.5 Å². The van der Waals surface area contributed by atoms with Crippen molar-refractivity contribution in [2.45, 2.75) is 0 Å². The van der Waals surface area contributed by atoms with E-state index in [1.165, 1.54) is 12.1 Å². The van der Waals surface area contributed by atoms with Gasteiger partial charge in [0.05, 0.1) is 24.4 Å². The lowest BCUT2D eigenvalue weighted by Gasteiger charge is -2.22. The van der Waals surface area contributed by atoms with Gasteiger partial charge in [-0.25, -0.2) is 9.38 Å². The molecule has 3 rings (SSSR count). The van der Waals surface area contributed by atoms with E-state index in [-0.39, 0.29) is 5.02 Å². The molecule has 0 atom stereocenters. The molecule has 0 spiro atoms. The van der Waals surface area contributed by atoms with Crippen LogP contribution >= 0.6 is 27.5 Å². The van der Waals surface area contributed by atoms with E-state index >= 15 is 0 Å². The van der Waals surface area contributed by atoms with Crippen LogP contribution in [0.2, 0.25) is 5.02 Å². The SMILES string of the molecule is COc1cc2c(cc1OCCBr)C(Nc1ccc(F)c(Cl)c1)=NCN2. The molecule has 5 nitrogen and oxygen atoms in total. The maximum Gasteiger partial charge on any atom is 0.162 e. The van der Waals surface area contributed by atoms with Crippen molar-refractivity contribution in [3.8, 4) is 11.5 Å². The summed E-state index contributed by atoms with van der Waals surface area (Å²) in [4.78, 5) is 4.45. The lowest BCUT2D eigenvalue weighted by molar-refractivity contribution is 0.314. The average Bonchev–Trinajstić information content (AvgIpc) is 2.62. The molecule has 0 saturated carbocycles. The van der Waals surface area contributed by atoms with E-state index < -0.39 is 5.82 Å². The first kappa shape index (κ1) is 17.8. The molecule has 0 fully saturated rings. The number of amidine groups is 1. The Bertz CT molecular complexity index is 817. The summed E-state index contributed by atoms with van der Waals surface area (Å²) < 4.78 is 24.5. The number of benzene rings is 2. The summed E-state index contributed by atoms with van der Waals surface area (Å²) in [5, 5.41) is 7.14. The summed E-state index contributed by atoms with van der Waals surface area (Å²) in [5.74, 6) is 1.44. The highest BCUT2D eigenvalue weighted by atomic mass is 79.9. The number of hydrogen-bond acceptors (Lipinski definition) is 5. The van der Waals surface area contributed by atoms with Crippen LogP contribution in [0.25, 0.3) is 0 Å². The fourth-order valence-electron chi connectivity index (χ4n) is 2.43. The quantitative estimate of drug-likeness (QED) is 0.688. The number of nitrogens with one attached hydrogen (secondary N) is 2. The molecule has 25 heavy (non-hydrogen) atoms. The summed E-state index contributed by atoms with van der Waals surface area (Å²) >= 11 is 9.19. The van der Waals surface area contributed by atoms with Crippen molar-refractivity contribution >= 4 is 44.7 Å². The Balaban J connectivity index is 1.93. The fourth-order valence-corrected chi connectivity index (χ4v) is 2.77. The Morgan fingerprint density at radius 2 is 2.16 bits per heavy atom. The van der Waals surface area contributed by atoms with Gasteiger partial charge in [-0.2, -0.15) is 0 Å². The number of rotatable bonds is 5. The van der Waals surface area contributed by atoms with Crippen molar-refractivity contribution in [2.24, 2.45) is 4.99 Å². The zero-order valence-electron chi connectivity index (χ0n) is 13.4. The molecule has 0 aromatic heterocycles. The van der Waals surface area contributed by atoms with Gasteiger partial charge in [-0.1, -0.05) is 27.5 Å². The Kier molecular flexibility index (Phi) is 5.65. The molecule has 0 bridgehead atoms. The smallest absolute Gasteiger partial charge is 0.162 e. The minimum absolute atomic E-state index is 0.0517. The van der Waals surface area contributed by atoms with Crippen LogP contribution in [0.4, 0.5) is 15.8 Å². The third-order valence-electron chi connectivity index (χ3n) is 3.58. The number of anilines is 2. The first-order chi connectivity index (χ1) is 12.1. The molecule has 0 aliphatic carbocycles. The maximum absolute atomic E-state index is 13.3. The summed E-state index contributed by atoms with van der Waals surface area (Å²) in [6, 6.07) is 8.17. The molecule has 0 saturated heterocycles.